The van der Waals surface area contributed by atoms with Gasteiger partial charge in [0.1, 0.15) is 11.5 Å². The highest BCUT2D eigenvalue weighted by atomic mass is 19.1. The normalized spacial score (nSPS) is 10.4. The van der Waals surface area contributed by atoms with E-state index in [9.17, 15) is 14.0 Å². The maximum atomic E-state index is 13.2. The standard InChI is InChI=1S/C13H13FN4O3/c14-8-1-2-9(13(20)21)10(5-8)17-12(19)11-6-18(4-3-15)7-16-11/h1-2,5-7H,3-4,15H2,(H,17,19)(H,20,21). The van der Waals surface area contributed by atoms with Gasteiger partial charge in [0.2, 0.25) is 0 Å². The van der Waals surface area contributed by atoms with Crippen LogP contribution in [0.3, 0.4) is 0 Å². The number of aromatic carboxylic acids is 1. The Balaban J connectivity index is 2.22. The lowest BCUT2D eigenvalue weighted by Crippen LogP contribution is -2.15. The number of anilines is 1. The predicted molar refractivity (Wildman–Crippen MR) is 72.6 cm³/mol. The lowest BCUT2D eigenvalue weighted by atomic mass is 10.1. The molecule has 4 N–H and O–H groups in total. The van der Waals surface area contributed by atoms with Crippen molar-refractivity contribution in [3.63, 3.8) is 0 Å². The van der Waals surface area contributed by atoms with Gasteiger partial charge in [-0.3, -0.25) is 4.79 Å². The van der Waals surface area contributed by atoms with Crippen LogP contribution in [0.1, 0.15) is 20.8 Å². The van der Waals surface area contributed by atoms with Crippen molar-refractivity contribution in [3.05, 3.63) is 47.8 Å². The number of carbonyl (C=O) groups is 2. The highest BCUT2D eigenvalue weighted by Crippen LogP contribution is 2.18. The summed E-state index contributed by atoms with van der Waals surface area (Å²) in [6, 6.07) is 3.04. The number of nitrogens with two attached hydrogens (primary N) is 1. The minimum Gasteiger partial charge on any atom is -0.478 e. The van der Waals surface area contributed by atoms with Gasteiger partial charge in [-0.2, -0.15) is 0 Å². The van der Waals surface area contributed by atoms with Crippen LogP contribution in [0.4, 0.5) is 10.1 Å². The molecule has 0 aliphatic rings. The van der Waals surface area contributed by atoms with Crippen LogP contribution in [-0.2, 0) is 6.54 Å². The largest absolute Gasteiger partial charge is 0.478 e. The molecule has 7 nitrogen and oxygen atoms in total. The Morgan fingerprint density at radius 2 is 2.19 bits per heavy atom. The van der Waals surface area contributed by atoms with Crippen molar-refractivity contribution in [3.8, 4) is 0 Å². The number of carbonyl (C=O) groups excluding carboxylic acids is 1. The summed E-state index contributed by atoms with van der Waals surface area (Å²) in [5.74, 6) is -2.54. The van der Waals surface area contributed by atoms with E-state index in [-0.39, 0.29) is 16.9 Å². The van der Waals surface area contributed by atoms with E-state index < -0.39 is 17.7 Å². The quantitative estimate of drug-likeness (QED) is 0.759. The van der Waals surface area contributed by atoms with Crippen molar-refractivity contribution in [1.82, 2.24) is 9.55 Å². The highest BCUT2D eigenvalue weighted by molar-refractivity contribution is 6.06. The molecule has 0 aliphatic carbocycles. The smallest absolute Gasteiger partial charge is 0.337 e. The fourth-order valence-corrected chi connectivity index (χ4v) is 1.74. The molecule has 0 saturated carbocycles. The second-order valence-corrected chi connectivity index (χ2v) is 4.23. The second kappa shape index (κ2) is 6.14. The van der Waals surface area contributed by atoms with Gasteiger partial charge in [0.15, 0.2) is 0 Å². The number of carboxylic acid groups (broad SMARTS) is 1. The van der Waals surface area contributed by atoms with E-state index in [0.717, 1.165) is 18.2 Å². The van der Waals surface area contributed by atoms with Crippen LogP contribution >= 0.6 is 0 Å². The Morgan fingerprint density at radius 3 is 2.86 bits per heavy atom. The molecule has 0 spiro atoms. The Labute approximate surface area is 119 Å². The first-order valence-corrected chi connectivity index (χ1v) is 6.07. The van der Waals surface area contributed by atoms with Gasteiger partial charge in [0.25, 0.3) is 5.91 Å². The third-order valence-corrected chi connectivity index (χ3v) is 2.71. The lowest BCUT2D eigenvalue weighted by molar-refractivity contribution is 0.0698. The second-order valence-electron chi connectivity index (χ2n) is 4.23. The lowest BCUT2D eigenvalue weighted by Gasteiger charge is -2.07. The van der Waals surface area contributed by atoms with Crippen LogP contribution < -0.4 is 11.1 Å². The number of nitrogens with zero attached hydrogens (tertiary/aromatic N) is 2. The minimum atomic E-state index is -1.26. The van der Waals surface area contributed by atoms with Crippen LogP contribution in [0, 0.1) is 5.82 Å². The molecule has 0 saturated heterocycles. The molecule has 0 aliphatic heterocycles. The SMILES string of the molecule is NCCn1cnc(C(=O)Nc2cc(F)ccc2C(=O)O)c1. The zero-order valence-corrected chi connectivity index (χ0v) is 10.9. The zero-order valence-electron chi connectivity index (χ0n) is 10.9. The van der Waals surface area contributed by atoms with Crippen LogP contribution in [0.15, 0.2) is 30.7 Å². The van der Waals surface area contributed by atoms with E-state index in [1.165, 1.54) is 12.5 Å². The summed E-state index contributed by atoms with van der Waals surface area (Å²) in [4.78, 5) is 26.9. The number of rotatable bonds is 5. The van der Waals surface area contributed by atoms with E-state index in [0.29, 0.717) is 13.1 Å². The van der Waals surface area contributed by atoms with E-state index in [4.69, 9.17) is 10.8 Å². The molecule has 0 atom stereocenters. The minimum absolute atomic E-state index is 0.0871. The maximum absolute atomic E-state index is 13.2. The third-order valence-electron chi connectivity index (χ3n) is 2.71. The molecule has 1 aromatic carbocycles. The fourth-order valence-electron chi connectivity index (χ4n) is 1.74. The molecule has 110 valence electrons. The zero-order chi connectivity index (χ0) is 15.4. The Hall–Kier alpha value is -2.74. The van der Waals surface area contributed by atoms with Gasteiger partial charge in [0, 0.05) is 19.3 Å². The van der Waals surface area contributed by atoms with E-state index in [1.54, 1.807) is 4.57 Å². The van der Waals surface area contributed by atoms with Gasteiger partial charge in [0.05, 0.1) is 17.6 Å². The third kappa shape index (κ3) is 3.42. The first-order valence-electron chi connectivity index (χ1n) is 6.07. The van der Waals surface area contributed by atoms with Crippen molar-refractivity contribution in [2.24, 2.45) is 5.73 Å². The molecule has 1 aromatic heterocycles. The van der Waals surface area contributed by atoms with Crippen LogP contribution in [0.2, 0.25) is 0 Å². The number of hydrogen-bond donors (Lipinski definition) is 3. The number of imidazole rings is 1. The number of carboxylic acids is 1. The topological polar surface area (TPSA) is 110 Å². The van der Waals surface area contributed by atoms with E-state index >= 15 is 0 Å². The van der Waals surface area contributed by atoms with E-state index in [2.05, 4.69) is 10.3 Å². The average molecular weight is 292 g/mol. The monoisotopic (exact) mass is 292 g/mol. The molecule has 21 heavy (non-hydrogen) atoms. The Bertz CT molecular complexity index is 684. The number of aromatic nitrogens is 2. The highest BCUT2D eigenvalue weighted by Gasteiger charge is 2.16. The molecule has 8 heteroatoms. The summed E-state index contributed by atoms with van der Waals surface area (Å²) in [7, 11) is 0. The molecular weight excluding hydrogens is 279 g/mol. The Morgan fingerprint density at radius 1 is 1.43 bits per heavy atom. The molecule has 0 unspecified atom stereocenters. The summed E-state index contributed by atoms with van der Waals surface area (Å²) in [5, 5.41) is 11.3. The fraction of sp³-hybridized carbons (Fsp3) is 0.154. The van der Waals surface area contributed by atoms with Gasteiger partial charge in [-0.25, -0.2) is 14.2 Å². The van der Waals surface area contributed by atoms with Crippen molar-refractivity contribution in [2.75, 3.05) is 11.9 Å². The van der Waals surface area contributed by atoms with Crippen molar-refractivity contribution in [2.45, 2.75) is 6.54 Å². The van der Waals surface area contributed by atoms with Crippen molar-refractivity contribution < 1.29 is 19.1 Å². The summed E-state index contributed by atoms with van der Waals surface area (Å²) < 4.78 is 14.8. The number of benzene rings is 1. The molecule has 2 rings (SSSR count). The van der Waals surface area contributed by atoms with Crippen molar-refractivity contribution in [1.29, 1.82) is 0 Å². The summed E-state index contributed by atoms with van der Waals surface area (Å²) >= 11 is 0. The number of halogens is 1. The molecule has 2 aromatic rings. The number of amides is 1. The molecule has 0 radical (unpaired) electrons. The van der Waals surface area contributed by atoms with Gasteiger partial charge in [-0.05, 0) is 18.2 Å². The predicted octanol–water partition coefficient (Wildman–Crippen LogP) is 0.931. The summed E-state index contributed by atoms with van der Waals surface area (Å²) in [5.41, 5.74) is 5.14. The van der Waals surface area contributed by atoms with Gasteiger partial charge < -0.3 is 20.7 Å². The van der Waals surface area contributed by atoms with E-state index in [1.807, 2.05) is 0 Å². The molecule has 1 heterocycles. The van der Waals surface area contributed by atoms with Gasteiger partial charge >= 0.3 is 5.97 Å². The summed E-state index contributed by atoms with van der Waals surface area (Å²) in [6.07, 6.45) is 2.91. The van der Waals surface area contributed by atoms with Gasteiger partial charge in [-0.1, -0.05) is 0 Å². The van der Waals surface area contributed by atoms with Crippen LogP contribution in [0.5, 0.6) is 0 Å². The molecule has 0 fully saturated rings. The van der Waals surface area contributed by atoms with Crippen LogP contribution in [0.25, 0.3) is 0 Å². The van der Waals surface area contributed by atoms with Gasteiger partial charge in [-0.15, -0.1) is 0 Å². The first kappa shape index (κ1) is 14.7. The van der Waals surface area contributed by atoms with Crippen molar-refractivity contribution >= 4 is 17.6 Å². The molecular formula is C13H13FN4O3. The van der Waals surface area contributed by atoms with Crippen LogP contribution in [-0.4, -0.2) is 33.1 Å². The summed E-state index contributed by atoms with van der Waals surface area (Å²) in [6.45, 7) is 0.894. The molecule has 1 amide bonds. The number of hydrogen-bond acceptors (Lipinski definition) is 4. The first-order chi connectivity index (χ1) is 10.0. The average Bonchev–Trinajstić information content (AvgIpc) is 2.87. The Kier molecular flexibility index (Phi) is 4.29. The molecule has 0 bridgehead atoms. The maximum Gasteiger partial charge on any atom is 0.337 e. The number of nitrogens with one attached hydrogen (secondary N) is 1.